The standard InChI is InChI=1S/C19H13Cl2N3O4S/c20-13-3-2-11(6-14(13)21)22-17(25)7-12-8-29-19(23-12)24-18(26)10-1-4-15-16(5-10)28-9-27-15/h1-6,8H,7,9H2,(H,22,25)(H,23,24,26). The van der Waals surface area contributed by atoms with E-state index in [4.69, 9.17) is 32.7 Å². The number of aromatic nitrogens is 1. The Bertz CT molecular complexity index is 1100. The number of amides is 2. The molecule has 1 aromatic heterocycles. The second kappa shape index (κ2) is 8.28. The van der Waals surface area contributed by atoms with Crippen molar-refractivity contribution in [1.29, 1.82) is 0 Å². The molecular weight excluding hydrogens is 437 g/mol. The monoisotopic (exact) mass is 449 g/mol. The molecule has 2 N–H and O–H groups in total. The molecule has 2 heterocycles. The lowest BCUT2D eigenvalue weighted by molar-refractivity contribution is -0.115. The van der Waals surface area contributed by atoms with Crippen LogP contribution in [0.4, 0.5) is 10.8 Å². The number of carbonyl (C=O) groups excluding carboxylic acids is 2. The van der Waals surface area contributed by atoms with Gasteiger partial charge in [-0.2, -0.15) is 0 Å². The van der Waals surface area contributed by atoms with Crippen LogP contribution in [0.2, 0.25) is 10.0 Å². The van der Waals surface area contributed by atoms with Crippen molar-refractivity contribution in [2.45, 2.75) is 6.42 Å². The summed E-state index contributed by atoms with van der Waals surface area (Å²) in [7, 11) is 0. The minimum absolute atomic E-state index is 0.0522. The number of anilines is 2. The maximum Gasteiger partial charge on any atom is 0.257 e. The first kappa shape index (κ1) is 19.5. The third-order valence-corrected chi connectivity index (χ3v) is 5.50. The third-order valence-electron chi connectivity index (χ3n) is 3.95. The topological polar surface area (TPSA) is 89.6 Å². The van der Waals surface area contributed by atoms with Gasteiger partial charge in [0, 0.05) is 16.6 Å². The molecule has 4 rings (SSSR count). The molecule has 7 nitrogen and oxygen atoms in total. The zero-order valence-corrected chi connectivity index (χ0v) is 17.0. The molecule has 3 aromatic rings. The fourth-order valence-electron chi connectivity index (χ4n) is 2.60. The van der Waals surface area contributed by atoms with Crippen molar-refractivity contribution >= 4 is 57.2 Å². The Hall–Kier alpha value is -2.81. The van der Waals surface area contributed by atoms with Gasteiger partial charge in [0.05, 0.1) is 22.2 Å². The van der Waals surface area contributed by atoms with E-state index < -0.39 is 0 Å². The average molecular weight is 450 g/mol. The number of nitrogens with zero attached hydrogens (tertiary/aromatic N) is 1. The van der Waals surface area contributed by atoms with Crippen molar-refractivity contribution in [1.82, 2.24) is 4.98 Å². The van der Waals surface area contributed by atoms with Crippen LogP contribution in [0.15, 0.2) is 41.8 Å². The molecule has 0 spiro atoms. The number of thiazole rings is 1. The zero-order chi connectivity index (χ0) is 20.4. The molecule has 0 fully saturated rings. The van der Waals surface area contributed by atoms with Crippen LogP contribution < -0.4 is 20.1 Å². The van der Waals surface area contributed by atoms with Crippen LogP contribution in [0.3, 0.4) is 0 Å². The van der Waals surface area contributed by atoms with Gasteiger partial charge in [-0.15, -0.1) is 11.3 Å². The quantitative estimate of drug-likeness (QED) is 0.593. The molecule has 10 heteroatoms. The number of benzene rings is 2. The van der Waals surface area contributed by atoms with Gasteiger partial charge < -0.3 is 14.8 Å². The summed E-state index contributed by atoms with van der Waals surface area (Å²) in [5.41, 5.74) is 1.49. The highest BCUT2D eigenvalue weighted by Gasteiger charge is 2.17. The van der Waals surface area contributed by atoms with E-state index in [1.165, 1.54) is 11.3 Å². The maximum absolute atomic E-state index is 12.4. The Labute approximate surface area is 179 Å². The van der Waals surface area contributed by atoms with Crippen molar-refractivity contribution in [2.24, 2.45) is 0 Å². The molecule has 0 atom stereocenters. The first-order chi connectivity index (χ1) is 14.0. The van der Waals surface area contributed by atoms with Crippen molar-refractivity contribution in [3.63, 3.8) is 0 Å². The second-order valence-electron chi connectivity index (χ2n) is 6.02. The van der Waals surface area contributed by atoms with Gasteiger partial charge in [-0.25, -0.2) is 4.98 Å². The summed E-state index contributed by atoms with van der Waals surface area (Å²) < 4.78 is 10.5. The van der Waals surface area contributed by atoms with Gasteiger partial charge in [-0.1, -0.05) is 23.2 Å². The predicted octanol–water partition coefficient (Wildman–Crippen LogP) is 4.61. The molecule has 2 amide bonds. The number of carbonyl (C=O) groups is 2. The summed E-state index contributed by atoms with van der Waals surface area (Å²) in [5.74, 6) is 0.536. The molecule has 0 radical (unpaired) electrons. The number of halogens is 2. The van der Waals surface area contributed by atoms with E-state index in [1.54, 1.807) is 41.8 Å². The van der Waals surface area contributed by atoms with E-state index in [9.17, 15) is 9.59 Å². The summed E-state index contributed by atoms with van der Waals surface area (Å²) in [6, 6.07) is 9.76. The fourth-order valence-corrected chi connectivity index (χ4v) is 3.60. The normalized spacial score (nSPS) is 11.9. The molecule has 148 valence electrons. The van der Waals surface area contributed by atoms with Crippen molar-refractivity contribution in [2.75, 3.05) is 17.4 Å². The van der Waals surface area contributed by atoms with E-state index in [0.29, 0.717) is 43.6 Å². The Balaban J connectivity index is 1.36. The van der Waals surface area contributed by atoms with Crippen LogP contribution in [0, 0.1) is 0 Å². The number of nitrogens with one attached hydrogen (secondary N) is 2. The van der Waals surface area contributed by atoms with Gasteiger partial charge in [0.1, 0.15) is 0 Å². The molecular formula is C19H13Cl2N3O4S. The highest BCUT2D eigenvalue weighted by Crippen LogP contribution is 2.32. The van der Waals surface area contributed by atoms with Crippen molar-refractivity contribution < 1.29 is 19.1 Å². The Kier molecular flexibility index (Phi) is 5.57. The predicted molar refractivity (Wildman–Crippen MR) is 111 cm³/mol. The number of ether oxygens (including phenoxy) is 2. The number of hydrogen-bond donors (Lipinski definition) is 2. The van der Waals surface area contributed by atoms with Crippen LogP contribution in [0.1, 0.15) is 16.1 Å². The van der Waals surface area contributed by atoms with Gasteiger partial charge in [-0.3, -0.25) is 14.9 Å². The molecule has 29 heavy (non-hydrogen) atoms. The Morgan fingerprint density at radius 1 is 1.03 bits per heavy atom. The number of fused-ring (bicyclic) bond motifs is 1. The summed E-state index contributed by atoms with van der Waals surface area (Å²) in [6.45, 7) is 0.139. The van der Waals surface area contributed by atoms with Gasteiger partial charge in [0.25, 0.3) is 5.91 Å². The molecule has 0 aliphatic carbocycles. The number of hydrogen-bond acceptors (Lipinski definition) is 6. The smallest absolute Gasteiger partial charge is 0.257 e. The largest absolute Gasteiger partial charge is 0.454 e. The first-order valence-corrected chi connectivity index (χ1v) is 10.0. The van der Waals surface area contributed by atoms with E-state index in [0.717, 1.165) is 0 Å². The van der Waals surface area contributed by atoms with Crippen molar-refractivity contribution in [3.8, 4) is 11.5 Å². The highest BCUT2D eigenvalue weighted by molar-refractivity contribution is 7.14. The molecule has 2 aromatic carbocycles. The van der Waals surface area contributed by atoms with Gasteiger partial charge >= 0.3 is 0 Å². The van der Waals surface area contributed by atoms with Crippen LogP contribution in [-0.4, -0.2) is 23.6 Å². The average Bonchev–Trinajstić information content (AvgIpc) is 3.33. The van der Waals surface area contributed by atoms with E-state index >= 15 is 0 Å². The third kappa shape index (κ3) is 4.61. The molecule has 0 saturated heterocycles. The Morgan fingerprint density at radius 2 is 1.86 bits per heavy atom. The molecule has 1 aliphatic rings. The first-order valence-electron chi connectivity index (χ1n) is 8.38. The van der Waals surface area contributed by atoms with Crippen molar-refractivity contribution in [3.05, 3.63) is 63.1 Å². The summed E-state index contributed by atoms with van der Waals surface area (Å²) in [5, 5.41) is 8.31. The fraction of sp³-hybridized carbons (Fsp3) is 0.105. The molecule has 1 aliphatic heterocycles. The lowest BCUT2D eigenvalue weighted by Gasteiger charge is -2.05. The van der Waals surface area contributed by atoms with Gasteiger partial charge in [-0.05, 0) is 36.4 Å². The molecule has 0 bridgehead atoms. The molecule has 0 saturated carbocycles. The van der Waals surface area contributed by atoms with Crippen LogP contribution in [0.5, 0.6) is 11.5 Å². The van der Waals surface area contributed by atoms with Crippen LogP contribution in [0.25, 0.3) is 0 Å². The van der Waals surface area contributed by atoms with Gasteiger partial charge in [0.2, 0.25) is 12.7 Å². The van der Waals surface area contributed by atoms with E-state index in [-0.39, 0.29) is 25.0 Å². The highest BCUT2D eigenvalue weighted by atomic mass is 35.5. The second-order valence-corrected chi connectivity index (χ2v) is 7.69. The Morgan fingerprint density at radius 3 is 2.69 bits per heavy atom. The van der Waals surface area contributed by atoms with Crippen LogP contribution >= 0.6 is 34.5 Å². The van der Waals surface area contributed by atoms with Crippen LogP contribution in [-0.2, 0) is 11.2 Å². The number of rotatable bonds is 5. The van der Waals surface area contributed by atoms with E-state index in [2.05, 4.69) is 15.6 Å². The lowest BCUT2D eigenvalue weighted by Crippen LogP contribution is -2.15. The summed E-state index contributed by atoms with van der Waals surface area (Å²) in [4.78, 5) is 28.9. The summed E-state index contributed by atoms with van der Waals surface area (Å²) in [6.07, 6.45) is 0.0522. The maximum atomic E-state index is 12.4. The SMILES string of the molecule is O=C(Cc1csc(NC(=O)c2ccc3c(c2)OCO3)n1)Nc1ccc(Cl)c(Cl)c1. The summed E-state index contributed by atoms with van der Waals surface area (Å²) >= 11 is 13.0. The lowest BCUT2D eigenvalue weighted by atomic mass is 10.2. The van der Waals surface area contributed by atoms with E-state index in [1.807, 2.05) is 0 Å². The van der Waals surface area contributed by atoms with Gasteiger partial charge in [0.15, 0.2) is 16.6 Å². The minimum Gasteiger partial charge on any atom is -0.454 e. The minimum atomic E-state index is -0.329. The zero-order valence-electron chi connectivity index (χ0n) is 14.7. The molecule has 0 unspecified atom stereocenters.